The van der Waals surface area contributed by atoms with Gasteiger partial charge in [0.1, 0.15) is 50.1 Å². The summed E-state index contributed by atoms with van der Waals surface area (Å²) in [6, 6.07) is 41.4. The van der Waals surface area contributed by atoms with Crippen LogP contribution in [0.25, 0.3) is 0 Å². The van der Waals surface area contributed by atoms with Gasteiger partial charge >= 0.3 is 11.9 Å². The summed E-state index contributed by atoms with van der Waals surface area (Å²) in [5, 5.41) is 25.0. The Bertz CT molecular complexity index is 4590. The number of azo groups is 2. The Hall–Kier alpha value is -8.90. The van der Waals surface area contributed by atoms with E-state index in [4.69, 9.17) is 66.3 Å². The first-order valence-corrected chi connectivity index (χ1v) is 53.2. The Morgan fingerprint density at radius 3 is 1.06 bits per heavy atom. The van der Waals surface area contributed by atoms with Crippen molar-refractivity contribution in [1.82, 2.24) is 0 Å². The summed E-state index contributed by atoms with van der Waals surface area (Å²) < 4.78 is 84.7. The van der Waals surface area contributed by atoms with Crippen molar-refractivity contribution in [3.8, 4) is 34.5 Å². The number of hydrogen-bond donors (Lipinski definition) is 2. The fraction of sp³-hybridized carbons (Fsp3) is 0.638. The predicted molar refractivity (Wildman–Crippen MR) is 545 cm³/mol. The Balaban J connectivity index is 0.418. The average Bonchev–Trinajstić information content (AvgIpc) is 1.49. The van der Waals surface area contributed by atoms with Crippen LogP contribution in [-0.4, -0.2) is 156 Å². The van der Waals surface area contributed by atoms with Gasteiger partial charge in [0.25, 0.3) is 0 Å². The third-order valence-corrected chi connectivity index (χ3v) is 33.2. The minimum absolute atomic E-state index is 0.0987. The lowest BCUT2D eigenvalue weighted by atomic mass is 9.47. The van der Waals surface area contributed by atoms with Crippen molar-refractivity contribution < 1.29 is 75.9 Å². The maximum absolute atomic E-state index is 13.6. The van der Waals surface area contributed by atoms with Crippen LogP contribution < -0.4 is 39.1 Å². The Kier molecular flexibility index (Phi) is 38.4. The molecule has 6 aromatic carbocycles. The molecule has 0 aromatic heterocycles. The van der Waals surface area contributed by atoms with E-state index in [0.717, 1.165) is 171 Å². The number of esters is 2. The average molecular weight is 1900 g/mol. The first kappa shape index (κ1) is 103. The Labute approximate surface area is 823 Å². The van der Waals surface area contributed by atoms with E-state index in [-0.39, 0.29) is 35.0 Å². The minimum Gasteiger partial charge on any atom is -0.494 e. The zero-order valence-corrected chi connectivity index (χ0v) is 84.8. The molecule has 15 rings (SSSR count). The lowest BCUT2D eigenvalue weighted by Crippen LogP contribution is -2.51. The van der Waals surface area contributed by atoms with Gasteiger partial charge in [-0.2, -0.15) is 20.5 Å². The maximum atomic E-state index is 13.6. The summed E-state index contributed by atoms with van der Waals surface area (Å²) in [4.78, 5) is 27.2. The first-order valence-electron chi connectivity index (χ1n) is 53.2. The summed E-state index contributed by atoms with van der Waals surface area (Å²) in [7, 11) is 0. The van der Waals surface area contributed by atoms with E-state index in [9.17, 15) is 9.59 Å². The number of fused-ring (bicyclic) bond motifs is 12. The quantitative estimate of drug-likeness (QED) is 0.0173. The molecule has 0 radical (unpaired) electrons. The predicted octanol–water partition coefficient (Wildman–Crippen LogP) is 27.5. The van der Waals surface area contributed by atoms with Gasteiger partial charge in [0.15, 0.2) is 23.0 Å². The molecular formula is C116H162N6O16. The molecule has 8 aliphatic carbocycles. The van der Waals surface area contributed by atoms with E-state index >= 15 is 0 Å². The molecule has 0 bridgehead atoms. The molecule has 1 aliphatic heterocycles. The van der Waals surface area contributed by atoms with Crippen LogP contribution >= 0.6 is 0 Å². The van der Waals surface area contributed by atoms with E-state index in [0.29, 0.717) is 187 Å². The zero-order valence-electron chi connectivity index (χ0n) is 84.8. The summed E-state index contributed by atoms with van der Waals surface area (Å²) in [6.07, 6.45) is 35.8. The molecule has 6 fully saturated rings. The highest BCUT2D eigenvalue weighted by atomic mass is 16.6. The molecule has 9 aliphatic rings. The summed E-state index contributed by atoms with van der Waals surface area (Å²) >= 11 is 0. The van der Waals surface area contributed by atoms with E-state index in [1.165, 1.54) is 114 Å². The van der Waals surface area contributed by atoms with Gasteiger partial charge < -0.3 is 76.9 Å². The van der Waals surface area contributed by atoms with Crippen LogP contribution in [0.5, 0.6) is 34.5 Å². The van der Waals surface area contributed by atoms with Crippen molar-refractivity contribution in [3.05, 3.63) is 168 Å². The van der Waals surface area contributed by atoms with Gasteiger partial charge in [-0.25, -0.2) is 9.59 Å². The Morgan fingerprint density at radius 2 is 0.703 bits per heavy atom. The second-order valence-electron chi connectivity index (χ2n) is 43.0. The Morgan fingerprint density at radius 1 is 0.362 bits per heavy atom. The molecule has 752 valence electrons. The number of carbonyl (C=O) groups is 2. The molecular weight excluding hydrogens is 1730 g/mol. The lowest BCUT2D eigenvalue weighted by Gasteiger charge is -2.58. The highest BCUT2D eigenvalue weighted by molar-refractivity contribution is 5.90. The van der Waals surface area contributed by atoms with Gasteiger partial charge in [-0.1, -0.05) is 131 Å². The molecule has 22 heteroatoms. The number of rotatable bonds is 32. The largest absolute Gasteiger partial charge is 0.494 e. The van der Waals surface area contributed by atoms with E-state index in [1.807, 2.05) is 109 Å². The molecule has 0 saturated heterocycles. The second-order valence-corrected chi connectivity index (χ2v) is 43.0. The van der Waals surface area contributed by atoms with Crippen LogP contribution in [-0.2, 0) is 37.9 Å². The summed E-state index contributed by atoms with van der Waals surface area (Å²) in [5.41, 5.74) is 10.0. The van der Waals surface area contributed by atoms with Gasteiger partial charge in [-0.3, -0.25) is 0 Å². The fourth-order valence-electron chi connectivity index (χ4n) is 25.6. The zero-order chi connectivity index (χ0) is 96.1. The number of ether oxygens (including phenoxy) is 14. The lowest BCUT2D eigenvalue weighted by molar-refractivity contribution is -0.0594. The normalized spacial score (nSPS) is 28.0. The standard InChI is InChI=1S/C116H162N6O16/c1-81(2)17-15-19-83(5)101-43-45-103-99-41-25-87-77-97(49-53-113(87,7)105(99)51-55-115(101,103)9)137-111(123)85-21-27-89(28-22-85)119-121-91-31-37-95(38-32-91)131-59-13-11-57-117-93-35-47-107-109(79-93)135-75-71-129-67-63-126-64-68-130-72-76-136-110-80-94(36-48-108(110)134-74-70-128-66-62-125-61-65-127-69-73-133-107)118-58-12-14-60-132-96-39-33-92(34-40-96)122-120-90-29-23-86(24-30-90)112(124)138-98-50-54-114(8)88(78-98)26-42-100-104-46-44-102(84(6)20-16-18-82(3)4)116(104,10)56-52-106(100)114/h21-40,47-48,79-84,97-106,117-118H,11-20,41-46,49-78H2,1-10H3/t83-,84-,97+,98+,99+,100+,101-,102-,103+,104+,105+,106+,113+,114+,115-,116-/m1/s1. The van der Waals surface area contributed by atoms with Gasteiger partial charge in [0.2, 0.25) is 0 Å². The molecule has 0 amide bonds. The fourth-order valence-corrected chi connectivity index (χ4v) is 25.6. The van der Waals surface area contributed by atoms with E-state index < -0.39 is 0 Å². The number of carbonyl (C=O) groups excluding carboxylic acids is 2. The number of nitrogens with zero attached hydrogens (tertiary/aromatic N) is 4. The highest BCUT2D eigenvalue weighted by Crippen LogP contribution is 2.70. The summed E-state index contributed by atoms with van der Waals surface area (Å²) in [5.74, 6) is 13.0. The molecule has 2 N–H and O–H groups in total. The van der Waals surface area contributed by atoms with E-state index in [2.05, 4.69) is 112 Å². The van der Waals surface area contributed by atoms with Crippen LogP contribution in [0.4, 0.5) is 34.1 Å². The number of hydrogen-bond acceptors (Lipinski definition) is 22. The third kappa shape index (κ3) is 27.9. The topological polar surface area (TPSA) is 237 Å². The van der Waals surface area contributed by atoms with Crippen molar-refractivity contribution in [2.24, 2.45) is 113 Å². The van der Waals surface area contributed by atoms with Crippen LogP contribution in [0, 0.1) is 92.7 Å². The van der Waals surface area contributed by atoms with Crippen LogP contribution in [0.15, 0.2) is 177 Å². The van der Waals surface area contributed by atoms with Gasteiger partial charge in [-0.05, 0) is 330 Å². The monoisotopic (exact) mass is 1900 g/mol. The molecule has 6 saturated carbocycles. The van der Waals surface area contributed by atoms with Crippen molar-refractivity contribution in [1.29, 1.82) is 0 Å². The molecule has 138 heavy (non-hydrogen) atoms. The molecule has 1 heterocycles. The van der Waals surface area contributed by atoms with Crippen molar-refractivity contribution in [2.45, 2.75) is 248 Å². The van der Waals surface area contributed by atoms with Crippen molar-refractivity contribution >= 4 is 46.1 Å². The second kappa shape index (κ2) is 51.2. The first-order chi connectivity index (χ1) is 67.2. The minimum atomic E-state index is -0.270. The molecule has 22 nitrogen and oxygen atoms in total. The van der Waals surface area contributed by atoms with Gasteiger partial charge in [0, 0.05) is 49.4 Å². The van der Waals surface area contributed by atoms with Crippen LogP contribution in [0.1, 0.15) is 257 Å². The van der Waals surface area contributed by atoms with Crippen molar-refractivity contribution in [2.75, 3.05) is 143 Å². The van der Waals surface area contributed by atoms with Crippen molar-refractivity contribution in [3.63, 3.8) is 0 Å². The number of nitrogens with one attached hydrogen (secondary N) is 2. The number of benzene rings is 6. The number of allylic oxidation sites excluding steroid dienone is 2. The smallest absolute Gasteiger partial charge is 0.338 e. The third-order valence-electron chi connectivity index (χ3n) is 33.2. The van der Waals surface area contributed by atoms with Gasteiger partial charge in [-0.15, -0.1) is 0 Å². The highest BCUT2D eigenvalue weighted by Gasteiger charge is 2.61. The number of unbranched alkanes of at least 4 members (excludes halogenated alkanes) is 2. The maximum Gasteiger partial charge on any atom is 0.338 e. The van der Waals surface area contributed by atoms with E-state index in [1.54, 1.807) is 24.3 Å². The SMILES string of the molecule is CC(C)CCC[C@@H](C)[C@H]1CC[C@H]2[C@@H]3CC=C4C[C@@H](OC(=O)c5ccc(N=Nc6ccc(OCCCCNc7ccc8c(c7)OCCOCCOCCOCCOc7cc(NCCCCOc9ccc(N=Nc%10ccc(C(=O)O[C@H]%11CC[C@@]%12(C)C(=CC[C@H]%13[C@@H]%14CC[C@H]([C@H](C)CCCC(C)C)[C@@]%14(C)CC[C@@H]%13%12)C%11)cc%10)cc9)ccc7OCCOCCOCCOCCO8)cc6)cc5)CC[C@]4(C)[C@H]3CC[C@]12C. The van der Waals surface area contributed by atoms with Crippen LogP contribution in [0.2, 0.25) is 0 Å². The van der Waals surface area contributed by atoms with Gasteiger partial charge in [0.05, 0.1) is 126 Å². The summed E-state index contributed by atoms with van der Waals surface area (Å²) in [6.45, 7) is 33.5. The molecule has 16 atom stereocenters. The van der Waals surface area contributed by atoms with Crippen LogP contribution in [0.3, 0.4) is 0 Å². The molecule has 0 unspecified atom stereocenters. The molecule has 6 aromatic rings. The molecule has 0 spiro atoms. The number of anilines is 2.